The molecule has 0 radical (unpaired) electrons. The number of halogens is 2. The molecular weight excluding hydrogens is 605 g/mol. The Morgan fingerprint density at radius 2 is 1.49 bits per heavy atom. The van der Waals surface area contributed by atoms with Crippen molar-refractivity contribution < 1.29 is 18.0 Å². The van der Waals surface area contributed by atoms with Crippen LogP contribution in [0.3, 0.4) is 0 Å². The highest BCUT2D eigenvalue weighted by molar-refractivity contribution is 7.92. The van der Waals surface area contributed by atoms with E-state index in [2.05, 4.69) is 5.32 Å². The Balaban J connectivity index is 1.83. The van der Waals surface area contributed by atoms with Crippen LogP contribution in [0.5, 0.6) is 0 Å². The molecule has 4 rings (SSSR count). The molecule has 0 aromatic heterocycles. The minimum absolute atomic E-state index is 0.00903. The number of nitrogens with one attached hydrogen (secondary N) is 1. The summed E-state index contributed by atoms with van der Waals surface area (Å²) in [4.78, 5) is 29.2. The summed E-state index contributed by atoms with van der Waals surface area (Å²) in [5.41, 5.74) is 3.53. The van der Waals surface area contributed by atoms with Gasteiger partial charge in [0.15, 0.2) is 0 Å². The van der Waals surface area contributed by atoms with Crippen LogP contribution in [0.25, 0.3) is 0 Å². The highest BCUT2D eigenvalue weighted by Crippen LogP contribution is 2.35. The molecule has 4 aromatic rings. The molecule has 224 valence electrons. The van der Waals surface area contributed by atoms with E-state index in [0.717, 1.165) is 26.6 Å². The number of anilines is 1. The summed E-state index contributed by atoms with van der Waals surface area (Å²) >= 11 is 12.8. The standard InChI is InChI=1S/C33H33Cl2N3O4S/c1-23-16-18-27(19-17-23)43(41,42)38(29-15-9-14-28(34)32(29)35)22-31(39)37(21-26-13-8-7-10-24(26)2)30(33(40)36-3)20-25-11-5-4-6-12-25/h4-19,30H,20-22H2,1-3H3,(H,36,40)/t30-/m1/s1. The minimum atomic E-state index is -4.29. The van der Waals surface area contributed by atoms with E-state index in [-0.39, 0.29) is 39.5 Å². The van der Waals surface area contributed by atoms with Gasteiger partial charge in [-0.2, -0.15) is 0 Å². The lowest BCUT2D eigenvalue weighted by atomic mass is 10.0. The molecule has 1 N–H and O–H groups in total. The van der Waals surface area contributed by atoms with E-state index in [0.29, 0.717) is 0 Å². The lowest BCUT2D eigenvalue weighted by Crippen LogP contribution is -2.53. The molecule has 0 aliphatic rings. The molecule has 0 heterocycles. The van der Waals surface area contributed by atoms with Crippen LogP contribution in [-0.2, 0) is 32.6 Å². The summed E-state index contributed by atoms with van der Waals surface area (Å²) in [7, 11) is -2.78. The predicted octanol–water partition coefficient (Wildman–Crippen LogP) is 6.19. The van der Waals surface area contributed by atoms with Gasteiger partial charge in [0.2, 0.25) is 11.8 Å². The van der Waals surface area contributed by atoms with Crippen molar-refractivity contribution in [2.45, 2.75) is 37.8 Å². The van der Waals surface area contributed by atoms with E-state index < -0.39 is 28.5 Å². The largest absolute Gasteiger partial charge is 0.357 e. The average molecular weight is 639 g/mol. The zero-order valence-corrected chi connectivity index (χ0v) is 26.5. The second-order valence-electron chi connectivity index (χ2n) is 10.2. The molecule has 4 aromatic carbocycles. The Morgan fingerprint density at radius 3 is 2.14 bits per heavy atom. The molecule has 0 bridgehead atoms. The van der Waals surface area contributed by atoms with Gasteiger partial charge in [0, 0.05) is 20.0 Å². The maximum atomic E-state index is 14.4. The van der Waals surface area contributed by atoms with Crippen molar-refractivity contribution in [3.8, 4) is 0 Å². The van der Waals surface area contributed by atoms with Crippen molar-refractivity contribution >= 4 is 50.7 Å². The first kappa shape index (κ1) is 32.1. The summed E-state index contributed by atoms with van der Waals surface area (Å²) in [5.74, 6) is -0.959. The van der Waals surface area contributed by atoms with E-state index in [1.54, 1.807) is 18.2 Å². The topological polar surface area (TPSA) is 86.8 Å². The molecule has 0 saturated carbocycles. The first-order valence-electron chi connectivity index (χ1n) is 13.7. The van der Waals surface area contributed by atoms with Gasteiger partial charge in [0.25, 0.3) is 10.0 Å². The number of likely N-dealkylation sites (N-methyl/N-ethyl adjacent to an activating group) is 1. The van der Waals surface area contributed by atoms with Crippen LogP contribution in [0.1, 0.15) is 22.3 Å². The number of hydrogen-bond acceptors (Lipinski definition) is 4. The summed E-state index contributed by atoms with van der Waals surface area (Å²) < 4.78 is 29.2. The van der Waals surface area contributed by atoms with Crippen molar-refractivity contribution in [3.05, 3.63) is 129 Å². The summed E-state index contributed by atoms with van der Waals surface area (Å²) in [6.45, 7) is 3.23. The van der Waals surface area contributed by atoms with Crippen molar-refractivity contribution in [2.24, 2.45) is 0 Å². The number of carbonyl (C=O) groups is 2. The highest BCUT2D eigenvalue weighted by atomic mass is 35.5. The molecule has 0 aliphatic heterocycles. The maximum Gasteiger partial charge on any atom is 0.264 e. The number of carbonyl (C=O) groups excluding carboxylic acids is 2. The Bertz CT molecular complexity index is 1700. The minimum Gasteiger partial charge on any atom is -0.357 e. The molecule has 10 heteroatoms. The van der Waals surface area contributed by atoms with Crippen LogP contribution < -0.4 is 9.62 Å². The van der Waals surface area contributed by atoms with Gasteiger partial charge in [-0.3, -0.25) is 13.9 Å². The molecule has 0 saturated heterocycles. The van der Waals surface area contributed by atoms with Gasteiger partial charge in [-0.15, -0.1) is 0 Å². The fourth-order valence-corrected chi connectivity index (χ4v) is 6.60. The molecule has 1 atom stereocenters. The number of sulfonamides is 1. The van der Waals surface area contributed by atoms with Gasteiger partial charge in [-0.05, 0) is 54.8 Å². The Morgan fingerprint density at radius 1 is 0.837 bits per heavy atom. The van der Waals surface area contributed by atoms with E-state index in [1.165, 1.54) is 36.2 Å². The maximum absolute atomic E-state index is 14.4. The second-order valence-corrected chi connectivity index (χ2v) is 12.8. The predicted molar refractivity (Wildman–Crippen MR) is 172 cm³/mol. The number of hydrogen-bond donors (Lipinski definition) is 1. The van der Waals surface area contributed by atoms with Gasteiger partial charge in [-0.25, -0.2) is 8.42 Å². The van der Waals surface area contributed by atoms with Crippen molar-refractivity contribution in [1.29, 1.82) is 0 Å². The molecule has 0 unspecified atom stereocenters. The summed E-state index contributed by atoms with van der Waals surface area (Å²) in [6.07, 6.45) is 0.223. The number of aryl methyl sites for hydroxylation is 2. The van der Waals surface area contributed by atoms with Gasteiger partial charge >= 0.3 is 0 Å². The van der Waals surface area contributed by atoms with Crippen LogP contribution in [0, 0.1) is 13.8 Å². The van der Waals surface area contributed by atoms with Crippen molar-refractivity contribution in [3.63, 3.8) is 0 Å². The highest BCUT2D eigenvalue weighted by Gasteiger charge is 2.35. The monoisotopic (exact) mass is 637 g/mol. The van der Waals surface area contributed by atoms with E-state index in [9.17, 15) is 18.0 Å². The van der Waals surface area contributed by atoms with Crippen LogP contribution in [0.4, 0.5) is 5.69 Å². The third-order valence-electron chi connectivity index (χ3n) is 7.21. The molecule has 0 spiro atoms. The number of rotatable bonds is 11. The molecule has 7 nitrogen and oxygen atoms in total. The van der Waals surface area contributed by atoms with Gasteiger partial charge in [0.1, 0.15) is 12.6 Å². The fraction of sp³-hybridized carbons (Fsp3) is 0.212. The van der Waals surface area contributed by atoms with Gasteiger partial charge in [0.05, 0.1) is 20.6 Å². The van der Waals surface area contributed by atoms with E-state index in [1.807, 2.05) is 68.4 Å². The van der Waals surface area contributed by atoms with Gasteiger partial charge < -0.3 is 10.2 Å². The van der Waals surface area contributed by atoms with Crippen molar-refractivity contribution in [1.82, 2.24) is 10.2 Å². The molecule has 43 heavy (non-hydrogen) atoms. The fourth-order valence-electron chi connectivity index (χ4n) is 4.73. The quantitative estimate of drug-likeness (QED) is 0.212. The zero-order valence-electron chi connectivity index (χ0n) is 24.1. The van der Waals surface area contributed by atoms with Crippen LogP contribution >= 0.6 is 23.2 Å². The summed E-state index contributed by atoms with van der Waals surface area (Å²) in [5, 5.41) is 2.81. The Labute approximate surface area is 263 Å². The van der Waals surface area contributed by atoms with Gasteiger partial charge in [-0.1, -0.05) is 102 Å². The van der Waals surface area contributed by atoms with Crippen LogP contribution in [0.15, 0.2) is 102 Å². The Kier molecular flexibility index (Phi) is 10.5. The first-order valence-corrected chi connectivity index (χ1v) is 15.9. The van der Waals surface area contributed by atoms with E-state index >= 15 is 0 Å². The molecule has 0 fully saturated rings. The smallest absolute Gasteiger partial charge is 0.264 e. The Hall–Kier alpha value is -3.85. The molecule has 0 aliphatic carbocycles. The van der Waals surface area contributed by atoms with Crippen LogP contribution in [0.2, 0.25) is 10.0 Å². The summed E-state index contributed by atoms with van der Waals surface area (Å²) in [6, 6.07) is 26.9. The van der Waals surface area contributed by atoms with Crippen LogP contribution in [-0.4, -0.2) is 44.8 Å². The number of amides is 2. The van der Waals surface area contributed by atoms with Crippen molar-refractivity contribution in [2.75, 3.05) is 17.9 Å². The molecular formula is C33H33Cl2N3O4S. The SMILES string of the molecule is CNC(=O)[C@@H](Cc1ccccc1)N(Cc1ccccc1C)C(=O)CN(c1cccc(Cl)c1Cl)S(=O)(=O)c1ccc(C)cc1. The molecule has 2 amide bonds. The first-order chi connectivity index (χ1) is 20.5. The number of benzene rings is 4. The third kappa shape index (κ3) is 7.57. The lowest BCUT2D eigenvalue weighted by Gasteiger charge is -2.34. The lowest BCUT2D eigenvalue weighted by molar-refractivity contribution is -0.139. The average Bonchev–Trinajstić information content (AvgIpc) is 3.00. The third-order valence-corrected chi connectivity index (χ3v) is 9.79. The van der Waals surface area contributed by atoms with E-state index in [4.69, 9.17) is 23.2 Å². The number of nitrogens with zero attached hydrogens (tertiary/aromatic N) is 2. The second kappa shape index (κ2) is 14.1. The normalized spacial score (nSPS) is 11.9. The zero-order chi connectivity index (χ0) is 31.1.